The molecule has 3 rings (SSSR count). The minimum Gasteiger partial charge on any atom is -0.444 e. The number of carbonyl (C=O) groups is 2. The summed E-state index contributed by atoms with van der Waals surface area (Å²) in [4.78, 5) is 37.2. The van der Waals surface area contributed by atoms with Gasteiger partial charge < -0.3 is 14.5 Å². The van der Waals surface area contributed by atoms with Crippen molar-refractivity contribution in [1.29, 1.82) is 0 Å². The number of fused-ring (bicyclic) bond motifs is 1. The molecule has 1 aromatic heterocycles. The van der Waals surface area contributed by atoms with Crippen LogP contribution >= 0.6 is 11.8 Å². The molecule has 0 N–H and O–H groups in total. The minimum absolute atomic E-state index is 0.0132. The van der Waals surface area contributed by atoms with E-state index in [1.54, 1.807) is 11.1 Å². The second-order valence-corrected chi connectivity index (χ2v) is 8.16. The van der Waals surface area contributed by atoms with Gasteiger partial charge in [0.25, 0.3) is 5.91 Å². The highest BCUT2D eigenvalue weighted by molar-refractivity contribution is 7.98. The van der Waals surface area contributed by atoms with Gasteiger partial charge in [0.2, 0.25) is 0 Å². The molecule has 1 fully saturated rings. The van der Waals surface area contributed by atoms with E-state index in [4.69, 9.17) is 4.74 Å². The smallest absolute Gasteiger partial charge is 0.410 e. The Hall–Kier alpha value is -1.83. The summed E-state index contributed by atoms with van der Waals surface area (Å²) >= 11 is 1.42. The number of nitrogens with zero attached hydrogens (tertiary/aromatic N) is 4. The van der Waals surface area contributed by atoms with Gasteiger partial charge in [-0.25, -0.2) is 14.8 Å². The molecule has 7 nitrogen and oxygen atoms in total. The normalized spacial score (nSPS) is 20.6. The molecule has 1 saturated heterocycles. The first kappa shape index (κ1) is 18.0. The average Bonchev–Trinajstić information content (AvgIpc) is 2.90. The third kappa shape index (κ3) is 3.89. The molecule has 1 aromatic rings. The summed E-state index contributed by atoms with van der Waals surface area (Å²) in [5.74, 6) is -0.0660. The van der Waals surface area contributed by atoms with E-state index < -0.39 is 5.60 Å². The molecule has 25 heavy (non-hydrogen) atoms. The lowest BCUT2D eigenvalue weighted by atomic mass is 10.0. The quantitative estimate of drug-likeness (QED) is 0.593. The van der Waals surface area contributed by atoms with Gasteiger partial charge in [0, 0.05) is 24.8 Å². The highest BCUT2D eigenvalue weighted by Gasteiger charge is 2.38. The van der Waals surface area contributed by atoms with Crippen molar-refractivity contribution in [2.75, 3.05) is 19.3 Å². The first-order valence-electron chi connectivity index (χ1n) is 8.47. The number of thioether (sulfide) groups is 1. The lowest BCUT2D eigenvalue weighted by molar-refractivity contribution is 0.0106. The molecule has 1 unspecified atom stereocenters. The monoisotopic (exact) mass is 364 g/mol. The second-order valence-electron chi connectivity index (χ2n) is 7.39. The van der Waals surface area contributed by atoms with Gasteiger partial charge in [0.15, 0.2) is 5.16 Å². The highest BCUT2D eigenvalue weighted by Crippen LogP contribution is 2.28. The summed E-state index contributed by atoms with van der Waals surface area (Å²) in [5, 5.41) is 0.605. The summed E-state index contributed by atoms with van der Waals surface area (Å²) in [6.07, 6.45) is 5.04. The van der Waals surface area contributed by atoms with Crippen molar-refractivity contribution < 1.29 is 14.3 Å². The van der Waals surface area contributed by atoms with Crippen LogP contribution in [0, 0.1) is 0 Å². The fraction of sp³-hybridized carbons (Fsp3) is 0.647. The molecule has 136 valence electrons. The number of hydrogen-bond donors (Lipinski definition) is 0. The molecular formula is C17H24N4O3S. The van der Waals surface area contributed by atoms with Gasteiger partial charge in [-0.3, -0.25) is 4.79 Å². The third-order valence-electron chi connectivity index (χ3n) is 4.32. The topological polar surface area (TPSA) is 75.6 Å². The van der Waals surface area contributed by atoms with E-state index in [-0.39, 0.29) is 18.0 Å². The SMILES string of the molecule is CSc1ncc2c(n1)C(=O)N(C1CCCN(C(=O)OC(C)(C)C)C1)C2. The number of ether oxygens (including phenoxy) is 1. The molecule has 3 heterocycles. The van der Waals surface area contributed by atoms with E-state index in [1.807, 2.05) is 31.9 Å². The number of likely N-dealkylation sites (tertiary alicyclic amines) is 1. The molecule has 1 atom stereocenters. The number of piperidine rings is 1. The maximum atomic E-state index is 12.8. The summed E-state index contributed by atoms with van der Waals surface area (Å²) < 4.78 is 5.47. The Kier molecular flexibility index (Phi) is 4.90. The molecule has 2 aliphatic rings. The zero-order valence-electron chi connectivity index (χ0n) is 15.1. The molecule has 0 aliphatic carbocycles. The van der Waals surface area contributed by atoms with Crippen LogP contribution in [-0.2, 0) is 11.3 Å². The van der Waals surface area contributed by atoms with Crippen molar-refractivity contribution in [2.24, 2.45) is 0 Å². The van der Waals surface area contributed by atoms with Crippen molar-refractivity contribution in [3.05, 3.63) is 17.5 Å². The van der Waals surface area contributed by atoms with Crippen molar-refractivity contribution in [2.45, 2.75) is 57.0 Å². The fourth-order valence-electron chi connectivity index (χ4n) is 3.18. The van der Waals surface area contributed by atoms with Crippen LogP contribution < -0.4 is 0 Å². The lowest BCUT2D eigenvalue weighted by Crippen LogP contribution is -2.50. The second kappa shape index (κ2) is 6.82. The van der Waals surface area contributed by atoms with Crippen LogP contribution in [0.1, 0.15) is 49.7 Å². The van der Waals surface area contributed by atoms with Gasteiger partial charge in [0.05, 0.1) is 12.6 Å². The zero-order chi connectivity index (χ0) is 18.2. The summed E-state index contributed by atoms with van der Waals surface area (Å²) in [7, 11) is 0. The van der Waals surface area contributed by atoms with Gasteiger partial charge in [-0.2, -0.15) is 0 Å². The van der Waals surface area contributed by atoms with Crippen LogP contribution in [0.3, 0.4) is 0 Å². The Morgan fingerprint density at radius 1 is 1.40 bits per heavy atom. The summed E-state index contributed by atoms with van der Waals surface area (Å²) in [5.41, 5.74) is 0.832. The van der Waals surface area contributed by atoms with E-state index >= 15 is 0 Å². The molecule has 0 radical (unpaired) electrons. The molecule has 8 heteroatoms. The van der Waals surface area contributed by atoms with Crippen LogP contribution in [0.2, 0.25) is 0 Å². The molecule has 0 bridgehead atoms. The number of aromatic nitrogens is 2. The Bertz CT molecular complexity index is 689. The lowest BCUT2D eigenvalue weighted by Gasteiger charge is -2.37. The largest absolute Gasteiger partial charge is 0.444 e. The maximum absolute atomic E-state index is 12.8. The Morgan fingerprint density at radius 2 is 2.16 bits per heavy atom. The molecule has 2 aliphatic heterocycles. The van der Waals surface area contributed by atoms with Crippen LogP contribution in [-0.4, -0.2) is 62.8 Å². The van der Waals surface area contributed by atoms with Crippen molar-refractivity contribution >= 4 is 23.8 Å². The zero-order valence-corrected chi connectivity index (χ0v) is 15.9. The molecule has 2 amide bonds. The van der Waals surface area contributed by atoms with Crippen molar-refractivity contribution in [1.82, 2.24) is 19.8 Å². The first-order chi connectivity index (χ1) is 11.8. The fourth-order valence-corrected chi connectivity index (χ4v) is 3.52. The van der Waals surface area contributed by atoms with E-state index in [9.17, 15) is 9.59 Å². The number of carbonyl (C=O) groups excluding carboxylic acids is 2. The Morgan fingerprint density at radius 3 is 2.84 bits per heavy atom. The van der Waals surface area contributed by atoms with E-state index in [2.05, 4.69) is 9.97 Å². The molecular weight excluding hydrogens is 340 g/mol. The van der Waals surface area contributed by atoms with Crippen molar-refractivity contribution in [3.63, 3.8) is 0 Å². The van der Waals surface area contributed by atoms with E-state index in [0.717, 1.165) is 18.4 Å². The van der Waals surface area contributed by atoms with Gasteiger partial charge in [-0.1, -0.05) is 11.8 Å². The highest BCUT2D eigenvalue weighted by atomic mass is 32.2. The number of rotatable bonds is 2. The van der Waals surface area contributed by atoms with E-state index in [0.29, 0.717) is 30.5 Å². The van der Waals surface area contributed by atoms with Gasteiger partial charge in [0.1, 0.15) is 11.3 Å². The standard InChI is InChI=1S/C17H24N4O3S/c1-17(2,3)24-16(23)20-7-5-6-12(10-20)21-9-11-8-18-15(25-4)19-13(11)14(21)22/h8,12H,5-7,9-10H2,1-4H3. The Labute approximate surface area is 152 Å². The third-order valence-corrected chi connectivity index (χ3v) is 4.88. The predicted molar refractivity (Wildman–Crippen MR) is 94.5 cm³/mol. The van der Waals surface area contributed by atoms with Gasteiger partial charge in [-0.15, -0.1) is 0 Å². The first-order valence-corrected chi connectivity index (χ1v) is 9.70. The average molecular weight is 364 g/mol. The van der Waals surface area contributed by atoms with Crippen LogP contribution in [0.5, 0.6) is 0 Å². The summed E-state index contributed by atoms with van der Waals surface area (Å²) in [6, 6.07) is -0.0132. The van der Waals surface area contributed by atoms with Crippen molar-refractivity contribution in [3.8, 4) is 0 Å². The molecule has 0 spiro atoms. The Balaban J connectivity index is 1.70. The van der Waals surface area contributed by atoms with Crippen LogP contribution in [0.4, 0.5) is 4.79 Å². The molecule has 0 aromatic carbocycles. The molecule has 0 saturated carbocycles. The van der Waals surface area contributed by atoms with Gasteiger partial charge in [-0.05, 0) is 39.9 Å². The predicted octanol–water partition coefficient (Wildman–Crippen LogP) is 2.55. The summed E-state index contributed by atoms with van der Waals surface area (Å²) in [6.45, 7) is 7.24. The van der Waals surface area contributed by atoms with Gasteiger partial charge >= 0.3 is 6.09 Å². The number of hydrogen-bond acceptors (Lipinski definition) is 6. The van der Waals surface area contributed by atoms with Crippen LogP contribution in [0.25, 0.3) is 0 Å². The maximum Gasteiger partial charge on any atom is 0.410 e. The minimum atomic E-state index is -0.520. The number of amides is 2. The van der Waals surface area contributed by atoms with E-state index in [1.165, 1.54) is 11.8 Å². The van der Waals surface area contributed by atoms with Crippen LogP contribution in [0.15, 0.2) is 11.4 Å².